The average molecular weight is 258 g/mol. The van der Waals surface area contributed by atoms with E-state index in [1.54, 1.807) is 24.3 Å². The van der Waals surface area contributed by atoms with Gasteiger partial charge in [0.15, 0.2) is 0 Å². The summed E-state index contributed by atoms with van der Waals surface area (Å²) in [6.07, 6.45) is 5.66. The second-order valence-corrected chi connectivity index (χ2v) is 4.01. The van der Waals surface area contributed by atoms with E-state index in [1.165, 1.54) is 6.07 Å². The molecular formula is C15H18N2O2. The van der Waals surface area contributed by atoms with E-state index in [1.807, 2.05) is 11.0 Å². The fourth-order valence-electron chi connectivity index (χ4n) is 1.97. The third-order valence-corrected chi connectivity index (χ3v) is 2.71. The zero-order valence-electron chi connectivity index (χ0n) is 10.9. The summed E-state index contributed by atoms with van der Waals surface area (Å²) in [6.45, 7) is 12.3. The van der Waals surface area contributed by atoms with Crippen LogP contribution in [0.3, 0.4) is 0 Å². The summed E-state index contributed by atoms with van der Waals surface area (Å²) < 4.78 is 0. The van der Waals surface area contributed by atoms with Gasteiger partial charge in [0.1, 0.15) is 0 Å². The molecule has 0 bridgehead atoms. The Morgan fingerprint density at radius 2 is 1.79 bits per heavy atom. The van der Waals surface area contributed by atoms with Crippen molar-refractivity contribution in [2.45, 2.75) is 6.42 Å². The van der Waals surface area contributed by atoms with Gasteiger partial charge in [-0.2, -0.15) is 0 Å². The van der Waals surface area contributed by atoms with Crippen LogP contribution in [0.1, 0.15) is 5.56 Å². The van der Waals surface area contributed by atoms with Gasteiger partial charge >= 0.3 is 0 Å². The summed E-state index contributed by atoms with van der Waals surface area (Å²) >= 11 is 0. The van der Waals surface area contributed by atoms with Crippen molar-refractivity contribution in [1.29, 1.82) is 0 Å². The Hall–Kier alpha value is -2.36. The standard InChI is InChI=1S/C15H18N2O2/c1-4-8-13-14(16(11-5-2)12-6-3)9-7-10-15(13)17(18)19/h4-7,9-10H,1-3,8,11-12H2. The number of hydrogen-bond acceptors (Lipinski definition) is 3. The molecule has 0 spiro atoms. The molecule has 4 nitrogen and oxygen atoms in total. The van der Waals surface area contributed by atoms with Crippen LogP contribution in [0.25, 0.3) is 0 Å². The maximum Gasteiger partial charge on any atom is 0.274 e. The van der Waals surface area contributed by atoms with Crippen molar-refractivity contribution in [3.05, 3.63) is 71.8 Å². The molecule has 0 aromatic heterocycles. The maximum atomic E-state index is 11.1. The lowest BCUT2D eigenvalue weighted by Crippen LogP contribution is -2.24. The van der Waals surface area contributed by atoms with Crippen molar-refractivity contribution in [2.75, 3.05) is 18.0 Å². The molecule has 0 heterocycles. The summed E-state index contributed by atoms with van der Waals surface area (Å²) in [5, 5.41) is 11.1. The van der Waals surface area contributed by atoms with Crippen LogP contribution in [0.2, 0.25) is 0 Å². The first-order valence-corrected chi connectivity index (χ1v) is 5.99. The number of nitro benzene ring substituents is 1. The van der Waals surface area contributed by atoms with Gasteiger partial charge in [0.2, 0.25) is 0 Å². The first kappa shape index (κ1) is 14.7. The first-order valence-electron chi connectivity index (χ1n) is 5.99. The lowest BCUT2D eigenvalue weighted by molar-refractivity contribution is -0.385. The predicted molar refractivity (Wildman–Crippen MR) is 79.6 cm³/mol. The molecule has 4 heteroatoms. The van der Waals surface area contributed by atoms with E-state index >= 15 is 0 Å². The molecule has 0 aliphatic heterocycles. The molecule has 100 valence electrons. The van der Waals surface area contributed by atoms with Crippen LogP contribution in [0.15, 0.2) is 56.2 Å². The number of rotatable bonds is 8. The smallest absolute Gasteiger partial charge is 0.274 e. The molecule has 0 aliphatic carbocycles. The normalized spacial score (nSPS) is 9.68. The summed E-state index contributed by atoms with van der Waals surface area (Å²) in [6, 6.07) is 5.08. The van der Waals surface area contributed by atoms with Crippen LogP contribution in [-0.2, 0) is 6.42 Å². The molecular weight excluding hydrogens is 240 g/mol. The molecule has 0 N–H and O–H groups in total. The van der Waals surface area contributed by atoms with Crippen molar-refractivity contribution < 1.29 is 4.92 Å². The van der Waals surface area contributed by atoms with E-state index in [0.29, 0.717) is 25.1 Å². The molecule has 0 radical (unpaired) electrons. The monoisotopic (exact) mass is 258 g/mol. The molecule has 0 atom stereocenters. The van der Waals surface area contributed by atoms with E-state index < -0.39 is 0 Å². The Bertz CT molecular complexity index is 485. The highest BCUT2D eigenvalue weighted by Crippen LogP contribution is 2.30. The number of hydrogen-bond donors (Lipinski definition) is 0. The van der Waals surface area contributed by atoms with Crippen LogP contribution in [0.4, 0.5) is 11.4 Å². The summed E-state index contributed by atoms with van der Waals surface area (Å²) in [5.74, 6) is 0. The average Bonchev–Trinajstić information content (AvgIpc) is 2.39. The number of allylic oxidation sites excluding steroid dienone is 1. The molecule has 19 heavy (non-hydrogen) atoms. The largest absolute Gasteiger partial charge is 0.364 e. The Morgan fingerprint density at radius 1 is 1.16 bits per heavy atom. The molecule has 1 aromatic carbocycles. The molecule has 0 amide bonds. The van der Waals surface area contributed by atoms with Crippen molar-refractivity contribution in [3.63, 3.8) is 0 Å². The van der Waals surface area contributed by atoms with Gasteiger partial charge in [-0.15, -0.1) is 19.7 Å². The molecule has 0 aliphatic rings. The van der Waals surface area contributed by atoms with Gasteiger partial charge in [-0.05, 0) is 12.5 Å². The molecule has 0 unspecified atom stereocenters. The third-order valence-electron chi connectivity index (χ3n) is 2.71. The minimum absolute atomic E-state index is 0.121. The molecule has 1 rings (SSSR count). The lowest BCUT2D eigenvalue weighted by atomic mass is 10.1. The SMILES string of the molecule is C=CCc1c(N(CC=C)CC=C)cccc1[N+](=O)[O-]. The van der Waals surface area contributed by atoms with Gasteiger partial charge in [0, 0.05) is 24.8 Å². The van der Waals surface area contributed by atoms with Gasteiger partial charge in [-0.25, -0.2) is 0 Å². The molecule has 1 aromatic rings. The van der Waals surface area contributed by atoms with E-state index in [4.69, 9.17) is 0 Å². The topological polar surface area (TPSA) is 46.4 Å². The zero-order chi connectivity index (χ0) is 14.3. The molecule has 0 saturated carbocycles. The fourth-order valence-corrected chi connectivity index (χ4v) is 1.97. The van der Waals surface area contributed by atoms with Crippen molar-refractivity contribution >= 4 is 11.4 Å². The third kappa shape index (κ3) is 3.55. The first-order chi connectivity index (χ1) is 9.15. The van der Waals surface area contributed by atoms with Gasteiger partial charge in [-0.1, -0.05) is 24.3 Å². The van der Waals surface area contributed by atoms with Crippen molar-refractivity contribution in [3.8, 4) is 0 Å². The van der Waals surface area contributed by atoms with Gasteiger partial charge in [-0.3, -0.25) is 10.1 Å². The minimum atomic E-state index is -0.359. The van der Waals surface area contributed by atoms with Gasteiger partial charge in [0.05, 0.1) is 10.5 Å². The maximum absolute atomic E-state index is 11.1. The fraction of sp³-hybridized carbons (Fsp3) is 0.200. The van der Waals surface area contributed by atoms with Crippen molar-refractivity contribution in [1.82, 2.24) is 0 Å². The van der Waals surface area contributed by atoms with E-state index in [9.17, 15) is 10.1 Å². The van der Waals surface area contributed by atoms with Crippen LogP contribution >= 0.6 is 0 Å². The number of nitro groups is 1. The second-order valence-electron chi connectivity index (χ2n) is 4.01. The van der Waals surface area contributed by atoms with E-state index in [2.05, 4.69) is 19.7 Å². The van der Waals surface area contributed by atoms with Crippen LogP contribution in [-0.4, -0.2) is 18.0 Å². The van der Waals surface area contributed by atoms with E-state index in [0.717, 1.165) is 5.69 Å². The van der Waals surface area contributed by atoms with Gasteiger partial charge in [0.25, 0.3) is 5.69 Å². The number of benzene rings is 1. The quantitative estimate of drug-likeness (QED) is 0.407. The Balaban J connectivity index is 3.33. The Labute approximate surface area is 113 Å². The molecule has 0 saturated heterocycles. The highest BCUT2D eigenvalue weighted by Gasteiger charge is 2.18. The van der Waals surface area contributed by atoms with Crippen LogP contribution < -0.4 is 4.90 Å². The summed E-state index contributed by atoms with van der Waals surface area (Å²) in [5.41, 5.74) is 1.62. The lowest BCUT2D eigenvalue weighted by Gasteiger charge is -2.24. The summed E-state index contributed by atoms with van der Waals surface area (Å²) in [7, 11) is 0. The van der Waals surface area contributed by atoms with Crippen LogP contribution in [0.5, 0.6) is 0 Å². The highest BCUT2D eigenvalue weighted by molar-refractivity contribution is 5.63. The minimum Gasteiger partial charge on any atom is -0.364 e. The Kier molecular flexibility index (Phi) is 5.54. The number of anilines is 1. The predicted octanol–water partition coefficient (Wildman–Crippen LogP) is 3.50. The van der Waals surface area contributed by atoms with Crippen LogP contribution in [0, 0.1) is 10.1 Å². The zero-order valence-corrected chi connectivity index (χ0v) is 10.9. The summed E-state index contributed by atoms with van der Waals surface area (Å²) in [4.78, 5) is 12.7. The Morgan fingerprint density at radius 3 is 2.26 bits per heavy atom. The number of nitrogens with zero attached hydrogens (tertiary/aromatic N) is 2. The van der Waals surface area contributed by atoms with Gasteiger partial charge < -0.3 is 4.90 Å². The second kappa shape index (κ2) is 7.16. The molecule has 0 fully saturated rings. The van der Waals surface area contributed by atoms with E-state index in [-0.39, 0.29) is 10.6 Å². The highest BCUT2D eigenvalue weighted by atomic mass is 16.6. The van der Waals surface area contributed by atoms with Crippen molar-refractivity contribution in [2.24, 2.45) is 0 Å².